The molecule has 6 atom stereocenters. The molecule has 0 amide bonds. The number of fused-ring (bicyclic) bond motifs is 5. The summed E-state index contributed by atoms with van der Waals surface area (Å²) in [6.45, 7) is 7.20. The molecule has 0 radical (unpaired) electrons. The van der Waals surface area contributed by atoms with E-state index >= 15 is 0 Å². The summed E-state index contributed by atoms with van der Waals surface area (Å²) in [5, 5.41) is 4.28. The van der Waals surface area contributed by atoms with E-state index in [9.17, 15) is 9.59 Å². The van der Waals surface area contributed by atoms with Crippen molar-refractivity contribution in [3.05, 3.63) is 11.6 Å². The van der Waals surface area contributed by atoms with Crippen LogP contribution in [0, 0.1) is 34.5 Å². The van der Waals surface area contributed by atoms with Gasteiger partial charge in [0.05, 0.1) is 12.3 Å². The van der Waals surface area contributed by atoms with Gasteiger partial charge in [-0.1, -0.05) is 24.6 Å². The SMILES string of the molecule is C/C(=N/OC(=O)CN(C)C)[C@H]1CC[C@H]2[C@@H]3CCC4=CC(=O)CC[C@]4(C)[C@H]3CC[C@]12C. The molecule has 0 heterocycles. The predicted octanol–water partition coefficient (Wildman–Crippen LogP) is 4.62. The highest BCUT2D eigenvalue weighted by molar-refractivity contribution is 5.91. The fraction of sp³-hybridized carbons (Fsp3) is 0.800. The van der Waals surface area contributed by atoms with Gasteiger partial charge in [0.2, 0.25) is 0 Å². The fourth-order valence-corrected chi connectivity index (χ4v) is 7.72. The van der Waals surface area contributed by atoms with Gasteiger partial charge in [0.25, 0.3) is 0 Å². The van der Waals surface area contributed by atoms with Gasteiger partial charge < -0.3 is 4.84 Å². The van der Waals surface area contributed by atoms with Crippen molar-refractivity contribution in [2.45, 2.75) is 72.1 Å². The third-order valence-corrected chi connectivity index (χ3v) is 9.20. The van der Waals surface area contributed by atoms with E-state index in [1.54, 1.807) is 4.90 Å². The number of hydrogen-bond acceptors (Lipinski definition) is 5. The molecule has 5 heteroatoms. The van der Waals surface area contributed by atoms with E-state index in [2.05, 4.69) is 19.0 Å². The van der Waals surface area contributed by atoms with Crippen molar-refractivity contribution < 1.29 is 14.4 Å². The number of likely N-dealkylation sites (N-methyl/N-ethyl adjacent to an activating group) is 1. The summed E-state index contributed by atoms with van der Waals surface area (Å²) in [6, 6.07) is 0. The molecular weight excluding hydrogens is 376 g/mol. The maximum atomic E-state index is 12.0. The highest BCUT2D eigenvalue weighted by Crippen LogP contribution is 2.66. The van der Waals surface area contributed by atoms with Crippen molar-refractivity contribution >= 4 is 17.5 Å². The number of ketones is 1. The van der Waals surface area contributed by atoms with Gasteiger partial charge in [-0.2, -0.15) is 0 Å². The first-order valence-corrected chi connectivity index (χ1v) is 11.8. The van der Waals surface area contributed by atoms with Crippen molar-refractivity contribution in [3.63, 3.8) is 0 Å². The molecule has 4 rings (SSSR count). The van der Waals surface area contributed by atoms with Crippen LogP contribution in [0.25, 0.3) is 0 Å². The molecule has 0 aromatic carbocycles. The van der Waals surface area contributed by atoms with Crippen LogP contribution in [0.4, 0.5) is 0 Å². The Kier molecular flexibility index (Phi) is 5.71. The van der Waals surface area contributed by atoms with Crippen LogP contribution in [0.5, 0.6) is 0 Å². The summed E-state index contributed by atoms with van der Waals surface area (Å²) in [5.74, 6) is 2.59. The lowest BCUT2D eigenvalue weighted by atomic mass is 9.46. The van der Waals surface area contributed by atoms with Crippen molar-refractivity contribution in [1.29, 1.82) is 0 Å². The zero-order chi connectivity index (χ0) is 21.7. The van der Waals surface area contributed by atoms with Crippen molar-refractivity contribution in [2.24, 2.45) is 39.7 Å². The summed E-state index contributed by atoms with van der Waals surface area (Å²) in [4.78, 5) is 30.9. The van der Waals surface area contributed by atoms with Gasteiger partial charge in [-0.05, 0) is 101 Å². The third kappa shape index (κ3) is 3.57. The first-order chi connectivity index (χ1) is 14.1. The van der Waals surface area contributed by atoms with E-state index in [0.717, 1.165) is 37.3 Å². The first-order valence-electron chi connectivity index (χ1n) is 11.8. The second kappa shape index (κ2) is 7.89. The van der Waals surface area contributed by atoms with E-state index in [1.807, 2.05) is 27.1 Å². The summed E-state index contributed by atoms with van der Waals surface area (Å²) in [5.41, 5.74) is 2.88. The van der Waals surface area contributed by atoms with Crippen LogP contribution >= 0.6 is 0 Å². The number of carbonyl (C=O) groups excluding carboxylic acids is 2. The minimum Gasteiger partial charge on any atom is -0.317 e. The molecule has 0 aromatic rings. The number of oxime groups is 1. The molecule has 30 heavy (non-hydrogen) atoms. The summed E-state index contributed by atoms with van der Waals surface area (Å²) >= 11 is 0. The Morgan fingerprint density at radius 1 is 1.13 bits per heavy atom. The van der Waals surface area contributed by atoms with Crippen LogP contribution in [-0.4, -0.2) is 43.0 Å². The van der Waals surface area contributed by atoms with Gasteiger partial charge >= 0.3 is 5.97 Å². The van der Waals surface area contributed by atoms with Gasteiger partial charge in [-0.15, -0.1) is 0 Å². The highest BCUT2D eigenvalue weighted by Gasteiger charge is 2.59. The van der Waals surface area contributed by atoms with Gasteiger partial charge in [-0.3, -0.25) is 9.69 Å². The lowest BCUT2D eigenvalue weighted by Gasteiger charge is -2.58. The number of hydrogen-bond donors (Lipinski definition) is 0. The number of carbonyl (C=O) groups is 2. The molecule has 3 saturated carbocycles. The molecule has 0 aromatic heterocycles. The van der Waals surface area contributed by atoms with Crippen LogP contribution in [-0.2, 0) is 14.4 Å². The Hall–Kier alpha value is -1.49. The van der Waals surface area contributed by atoms with Crippen LogP contribution in [0.15, 0.2) is 16.8 Å². The summed E-state index contributed by atoms with van der Waals surface area (Å²) in [7, 11) is 3.71. The maximum absolute atomic E-state index is 12.0. The normalized spacial score (nSPS) is 41.1. The molecule has 0 N–H and O–H groups in total. The lowest BCUT2D eigenvalue weighted by molar-refractivity contribution is -0.144. The molecule has 0 spiro atoms. The van der Waals surface area contributed by atoms with Crippen LogP contribution in [0.2, 0.25) is 0 Å². The molecule has 5 nitrogen and oxygen atoms in total. The average molecular weight is 415 g/mol. The summed E-state index contributed by atoms with van der Waals surface area (Å²) in [6.07, 6.45) is 10.9. The van der Waals surface area contributed by atoms with Gasteiger partial charge in [0.1, 0.15) is 0 Å². The third-order valence-electron chi connectivity index (χ3n) is 9.20. The van der Waals surface area contributed by atoms with Crippen LogP contribution < -0.4 is 0 Å². The molecule has 4 aliphatic rings. The topological polar surface area (TPSA) is 59.0 Å². The second-order valence-electron chi connectivity index (χ2n) is 11.1. The zero-order valence-electron chi connectivity index (χ0n) is 19.4. The average Bonchev–Trinajstić information content (AvgIpc) is 3.03. The largest absolute Gasteiger partial charge is 0.348 e. The number of rotatable bonds is 4. The van der Waals surface area contributed by atoms with Gasteiger partial charge in [0.15, 0.2) is 5.78 Å². The molecule has 0 saturated heterocycles. The Labute approximate surface area is 181 Å². The monoisotopic (exact) mass is 414 g/mol. The second-order valence-corrected chi connectivity index (χ2v) is 11.1. The molecule has 0 bridgehead atoms. The summed E-state index contributed by atoms with van der Waals surface area (Å²) < 4.78 is 0. The quantitative estimate of drug-likeness (QED) is 0.383. The van der Waals surface area contributed by atoms with Crippen LogP contribution in [0.3, 0.4) is 0 Å². The molecule has 166 valence electrons. The number of nitrogens with zero attached hydrogens (tertiary/aromatic N) is 2. The van der Waals surface area contributed by atoms with Crippen molar-refractivity contribution in [3.8, 4) is 0 Å². The molecule has 0 aliphatic heterocycles. The standard InChI is InChI=1S/C25H38N2O3/c1-16(26-30-23(29)15-27(4)5)20-8-9-21-19-7-6-17-14-18(28)10-12-24(17,2)22(19)11-13-25(20,21)3/h14,19-22H,6-13,15H2,1-5H3/b26-16-/t19-,20+,21-,22-,24-,25+/m0/s1. The first kappa shape index (κ1) is 21.7. The molecule has 0 unspecified atom stereocenters. The Morgan fingerprint density at radius 3 is 2.63 bits per heavy atom. The highest BCUT2D eigenvalue weighted by atomic mass is 16.7. The zero-order valence-corrected chi connectivity index (χ0v) is 19.4. The van der Waals surface area contributed by atoms with E-state index in [-0.39, 0.29) is 23.3 Å². The smallest absolute Gasteiger partial charge is 0.317 e. The Morgan fingerprint density at radius 2 is 1.90 bits per heavy atom. The Bertz CT molecular complexity index is 785. The minimum atomic E-state index is -0.297. The molecular formula is C25H38N2O3. The molecule has 3 fully saturated rings. The van der Waals surface area contributed by atoms with Gasteiger partial charge in [0, 0.05) is 12.3 Å². The molecule has 4 aliphatic carbocycles. The fourth-order valence-electron chi connectivity index (χ4n) is 7.72. The van der Waals surface area contributed by atoms with E-state index in [1.165, 1.54) is 31.3 Å². The van der Waals surface area contributed by atoms with Crippen molar-refractivity contribution in [2.75, 3.05) is 20.6 Å². The Balaban J connectivity index is 1.51. The van der Waals surface area contributed by atoms with E-state index < -0.39 is 0 Å². The lowest BCUT2D eigenvalue weighted by Crippen LogP contribution is -2.51. The van der Waals surface area contributed by atoms with Gasteiger partial charge in [-0.25, -0.2) is 4.79 Å². The maximum Gasteiger partial charge on any atom is 0.348 e. The predicted molar refractivity (Wildman–Crippen MR) is 118 cm³/mol. The van der Waals surface area contributed by atoms with E-state index in [4.69, 9.17) is 4.84 Å². The van der Waals surface area contributed by atoms with Crippen molar-refractivity contribution in [1.82, 2.24) is 4.90 Å². The van der Waals surface area contributed by atoms with Crippen LogP contribution in [0.1, 0.15) is 72.1 Å². The number of allylic oxidation sites excluding steroid dienone is 1. The van der Waals surface area contributed by atoms with E-state index in [0.29, 0.717) is 23.5 Å². The minimum absolute atomic E-state index is 0.223.